The number of aliphatic hydroxyl groups excluding tert-OH is 1. The number of hydrogen-bond acceptors (Lipinski definition) is 3. The second kappa shape index (κ2) is 6.03. The van der Waals surface area contributed by atoms with Crippen molar-refractivity contribution in [2.24, 2.45) is 0 Å². The van der Waals surface area contributed by atoms with Crippen LogP contribution in [0.25, 0.3) is 0 Å². The molecule has 5 heteroatoms. The van der Waals surface area contributed by atoms with Gasteiger partial charge in [0.25, 0.3) is 0 Å². The Labute approximate surface area is 122 Å². The molecule has 1 aromatic carbocycles. The molecule has 0 bridgehead atoms. The molecule has 1 heterocycles. The number of carbonyl (C=O) groups excluding carboxylic acids is 1. The molecule has 1 aromatic rings. The molecule has 2 unspecified atom stereocenters. The first kappa shape index (κ1) is 14.5. The molecule has 1 saturated heterocycles. The molecule has 1 fully saturated rings. The van der Waals surface area contributed by atoms with Crippen LogP contribution < -0.4 is 4.90 Å². The lowest BCUT2D eigenvalue weighted by atomic mass is 10.0. The summed E-state index contributed by atoms with van der Waals surface area (Å²) in [6, 6.07) is 7.79. The number of benzene rings is 1. The monoisotopic (exact) mass is 326 g/mol. The van der Waals surface area contributed by atoms with Crippen LogP contribution in [-0.2, 0) is 4.79 Å². The van der Waals surface area contributed by atoms with E-state index < -0.39 is 0 Å². The molecule has 0 aliphatic carbocycles. The van der Waals surface area contributed by atoms with E-state index in [1.54, 1.807) is 0 Å². The first-order chi connectivity index (χ1) is 9.04. The minimum Gasteiger partial charge on any atom is -0.396 e. The molecule has 0 radical (unpaired) electrons. The first-order valence-electron chi connectivity index (χ1n) is 6.44. The molecule has 0 saturated carbocycles. The van der Waals surface area contributed by atoms with Crippen LogP contribution in [-0.4, -0.2) is 48.2 Å². The summed E-state index contributed by atoms with van der Waals surface area (Å²) in [4.78, 5) is 16.4. The number of carbonyl (C=O) groups is 1. The van der Waals surface area contributed by atoms with Crippen molar-refractivity contribution < 1.29 is 9.90 Å². The highest BCUT2D eigenvalue weighted by atomic mass is 79.9. The highest BCUT2D eigenvalue weighted by molar-refractivity contribution is 9.10. The number of nitrogens with zero attached hydrogens (tertiary/aromatic N) is 2. The van der Waals surface area contributed by atoms with Gasteiger partial charge in [-0.1, -0.05) is 15.9 Å². The van der Waals surface area contributed by atoms with Gasteiger partial charge >= 0.3 is 0 Å². The number of piperazine rings is 1. The van der Waals surface area contributed by atoms with Crippen LogP contribution in [0.4, 0.5) is 5.69 Å². The topological polar surface area (TPSA) is 43.8 Å². The quantitative estimate of drug-likeness (QED) is 0.922. The summed E-state index contributed by atoms with van der Waals surface area (Å²) in [7, 11) is 1.95. The van der Waals surface area contributed by atoms with Crippen LogP contribution in [0.5, 0.6) is 0 Å². The van der Waals surface area contributed by atoms with Crippen molar-refractivity contribution in [3.05, 3.63) is 28.7 Å². The minimum atomic E-state index is -0.239. The number of amides is 1. The summed E-state index contributed by atoms with van der Waals surface area (Å²) in [5.41, 5.74) is 0.913. The molecule has 0 aromatic heterocycles. The van der Waals surface area contributed by atoms with Gasteiger partial charge in [0.1, 0.15) is 0 Å². The largest absolute Gasteiger partial charge is 0.396 e. The Bertz CT molecular complexity index is 449. The van der Waals surface area contributed by atoms with E-state index in [2.05, 4.69) is 22.9 Å². The van der Waals surface area contributed by atoms with E-state index in [-0.39, 0.29) is 24.6 Å². The van der Waals surface area contributed by atoms with Crippen molar-refractivity contribution in [2.75, 3.05) is 25.1 Å². The van der Waals surface area contributed by atoms with E-state index in [9.17, 15) is 4.79 Å². The number of halogens is 1. The van der Waals surface area contributed by atoms with E-state index in [1.807, 2.05) is 41.1 Å². The first-order valence-corrected chi connectivity index (χ1v) is 7.23. The third-order valence-corrected chi connectivity index (χ3v) is 4.25. The van der Waals surface area contributed by atoms with Gasteiger partial charge in [-0.25, -0.2) is 0 Å². The molecule has 1 aliphatic rings. The van der Waals surface area contributed by atoms with Crippen molar-refractivity contribution in [3.63, 3.8) is 0 Å². The predicted octanol–water partition coefficient (Wildman–Crippen LogP) is 1.87. The van der Waals surface area contributed by atoms with Crippen LogP contribution in [0.1, 0.15) is 13.3 Å². The molecule has 1 amide bonds. The van der Waals surface area contributed by atoms with Crippen molar-refractivity contribution in [1.82, 2.24) is 4.90 Å². The van der Waals surface area contributed by atoms with E-state index in [4.69, 9.17) is 5.11 Å². The fraction of sp³-hybridized carbons (Fsp3) is 0.500. The molecular formula is C14H19BrN2O2. The van der Waals surface area contributed by atoms with Crippen molar-refractivity contribution in [1.29, 1.82) is 0 Å². The minimum absolute atomic E-state index is 0.0294. The average molecular weight is 327 g/mol. The number of anilines is 1. The van der Waals surface area contributed by atoms with Gasteiger partial charge in [0.15, 0.2) is 0 Å². The van der Waals surface area contributed by atoms with Gasteiger partial charge in [-0.15, -0.1) is 0 Å². The summed E-state index contributed by atoms with van der Waals surface area (Å²) in [6.45, 7) is 2.81. The van der Waals surface area contributed by atoms with Crippen LogP contribution in [0.15, 0.2) is 28.7 Å². The Kier molecular flexibility index (Phi) is 4.60. The number of hydrogen-bond donors (Lipinski definition) is 1. The van der Waals surface area contributed by atoms with Gasteiger partial charge < -0.3 is 10.0 Å². The van der Waals surface area contributed by atoms with Gasteiger partial charge in [-0.2, -0.15) is 0 Å². The Balaban J connectivity index is 2.25. The Hall–Kier alpha value is -0.910. The van der Waals surface area contributed by atoms with E-state index in [0.29, 0.717) is 13.0 Å². The standard InChI is InChI=1S/C14H19BrN2O2/c1-10-9-17(12-5-3-11(15)4-6-12)14(19)13(7-8-18)16(10)2/h3-6,10,13,18H,7-9H2,1-2H3. The van der Waals surface area contributed by atoms with Crippen molar-refractivity contribution >= 4 is 27.5 Å². The number of rotatable bonds is 3. The van der Waals surface area contributed by atoms with Crippen LogP contribution >= 0.6 is 15.9 Å². The lowest BCUT2D eigenvalue weighted by Crippen LogP contribution is -2.60. The molecule has 0 spiro atoms. The molecule has 4 nitrogen and oxygen atoms in total. The Morgan fingerprint density at radius 3 is 2.58 bits per heavy atom. The molecule has 19 heavy (non-hydrogen) atoms. The highest BCUT2D eigenvalue weighted by Crippen LogP contribution is 2.25. The maximum Gasteiger partial charge on any atom is 0.244 e. The van der Waals surface area contributed by atoms with Crippen LogP contribution in [0.3, 0.4) is 0 Å². The molecule has 1 aliphatic heterocycles. The predicted molar refractivity (Wildman–Crippen MR) is 79.2 cm³/mol. The second-order valence-corrected chi connectivity index (χ2v) is 5.88. The van der Waals surface area contributed by atoms with Gasteiger partial charge in [0.05, 0.1) is 6.04 Å². The summed E-state index contributed by atoms with van der Waals surface area (Å²) >= 11 is 3.40. The molecule has 104 valence electrons. The van der Waals surface area contributed by atoms with Crippen molar-refractivity contribution in [2.45, 2.75) is 25.4 Å². The summed E-state index contributed by atoms with van der Waals surface area (Å²) in [5, 5.41) is 9.13. The lowest BCUT2D eigenvalue weighted by molar-refractivity contribution is -0.127. The SMILES string of the molecule is CC1CN(c2ccc(Br)cc2)C(=O)C(CCO)N1C. The van der Waals surface area contributed by atoms with Gasteiger partial charge in [0.2, 0.25) is 5.91 Å². The maximum atomic E-state index is 12.5. The average Bonchev–Trinajstić information content (AvgIpc) is 2.40. The zero-order valence-corrected chi connectivity index (χ0v) is 12.8. The van der Waals surface area contributed by atoms with Crippen LogP contribution in [0.2, 0.25) is 0 Å². The zero-order valence-electron chi connectivity index (χ0n) is 11.2. The molecule has 2 rings (SSSR count). The zero-order chi connectivity index (χ0) is 14.0. The molecule has 2 atom stereocenters. The van der Waals surface area contributed by atoms with Crippen molar-refractivity contribution in [3.8, 4) is 0 Å². The van der Waals surface area contributed by atoms with Gasteiger partial charge in [-0.05, 0) is 44.7 Å². The fourth-order valence-electron chi connectivity index (χ4n) is 2.45. The maximum absolute atomic E-state index is 12.5. The summed E-state index contributed by atoms with van der Waals surface area (Å²) in [5.74, 6) is 0.0666. The van der Waals surface area contributed by atoms with Gasteiger partial charge in [-0.3, -0.25) is 9.69 Å². The second-order valence-electron chi connectivity index (χ2n) is 4.97. The summed E-state index contributed by atoms with van der Waals surface area (Å²) < 4.78 is 0.998. The molecule has 1 N–H and O–H groups in total. The van der Waals surface area contributed by atoms with Crippen LogP contribution in [0, 0.1) is 0 Å². The Morgan fingerprint density at radius 2 is 2.00 bits per heavy atom. The normalized spacial score (nSPS) is 24.8. The van der Waals surface area contributed by atoms with Gasteiger partial charge in [0, 0.05) is 29.4 Å². The van der Waals surface area contributed by atoms with E-state index >= 15 is 0 Å². The third kappa shape index (κ3) is 2.99. The van der Waals surface area contributed by atoms with E-state index in [0.717, 1.165) is 10.2 Å². The smallest absolute Gasteiger partial charge is 0.244 e. The highest BCUT2D eigenvalue weighted by Gasteiger charge is 2.36. The third-order valence-electron chi connectivity index (χ3n) is 3.73. The van der Waals surface area contributed by atoms with E-state index in [1.165, 1.54) is 0 Å². The number of aliphatic hydroxyl groups is 1. The lowest BCUT2D eigenvalue weighted by Gasteiger charge is -2.43. The molecular weight excluding hydrogens is 308 g/mol. The fourth-order valence-corrected chi connectivity index (χ4v) is 2.71. The summed E-state index contributed by atoms with van der Waals surface area (Å²) in [6.07, 6.45) is 0.479. The number of likely N-dealkylation sites (N-methyl/N-ethyl adjacent to an activating group) is 1. The Morgan fingerprint density at radius 1 is 1.37 bits per heavy atom.